The summed E-state index contributed by atoms with van der Waals surface area (Å²) in [6, 6.07) is 13.5. The van der Waals surface area contributed by atoms with E-state index in [4.69, 9.17) is 0 Å². The number of hydrogen-bond donors (Lipinski definition) is 1. The molecule has 0 unspecified atom stereocenters. The van der Waals surface area contributed by atoms with Crippen LogP contribution in [0.1, 0.15) is 11.1 Å². The van der Waals surface area contributed by atoms with E-state index in [1.54, 1.807) is 6.07 Å². The number of hydrogen-bond acceptors (Lipinski definition) is 2. The highest BCUT2D eigenvalue weighted by atomic mass is 16.1. The lowest BCUT2D eigenvalue weighted by atomic mass is 10.1. The minimum absolute atomic E-state index is 0.0967. The quantitative estimate of drug-likeness (QED) is 0.720. The Morgan fingerprint density at radius 3 is 2.63 bits per heavy atom. The molecular formula is C16H14N2O. The van der Waals surface area contributed by atoms with Crippen molar-refractivity contribution in [2.24, 2.45) is 0 Å². The van der Waals surface area contributed by atoms with Crippen molar-refractivity contribution in [3.63, 3.8) is 0 Å². The van der Waals surface area contributed by atoms with Crippen LogP contribution < -0.4 is 5.56 Å². The van der Waals surface area contributed by atoms with Crippen LogP contribution in [0.3, 0.4) is 0 Å². The minimum Gasteiger partial charge on any atom is -0.306 e. The highest BCUT2D eigenvalue weighted by molar-refractivity contribution is 5.79. The number of benzene rings is 2. The van der Waals surface area contributed by atoms with Gasteiger partial charge in [-0.2, -0.15) is 0 Å². The van der Waals surface area contributed by atoms with Gasteiger partial charge in [-0.25, -0.2) is 4.98 Å². The summed E-state index contributed by atoms with van der Waals surface area (Å²) < 4.78 is 0. The fourth-order valence-corrected chi connectivity index (χ4v) is 2.29. The Labute approximate surface area is 111 Å². The van der Waals surface area contributed by atoms with Crippen LogP contribution in [0.15, 0.2) is 47.3 Å². The zero-order chi connectivity index (χ0) is 13.4. The van der Waals surface area contributed by atoms with Crippen molar-refractivity contribution in [1.82, 2.24) is 9.97 Å². The fraction of sp³-hybridized carbons (Fsp3) is 0.125. The van der Waals surface area contributed by atoms with Gasteiger partial charge in [0.15, 0.2) is 0 Å². The summed E-state index contributed by atoms with van der Waals surface area (Å²) >= 11 is 0. The molecule has 3 nitrogen and oxygen atoms in total. The van der Waals surface area contributed by atoms with Crippen LogP contribution in [-0.2, 0) is 0 Å². The zero-order valence-corrected chi connectivity index (χ0v) is 10.9. The summed E-state index contributed by atoms with van der Waals surface area (Å²) in [7, 11) is 0. The molecule has 94 valence electrons. The van der Waals surface area contributed by atoms with Crippen molar-refractivity contribution in [1.29, 1.82) is 0 Å². The first-order valence-corrected chi connectivity index (χ1v) is 6.22. The number of aryl methyl sites for hydroxylation is 2. The number of H-pyrrole nitrogens is 1. The average molecular weight is 250 g/mol. The van der Waals surface area contributed by atoms with Crippen molar-refractivity contribution in [2.75, 3.05) is 0 Å². The van der Waals surface area contributed by atoms with E-state index in [0.717, 1.165) is 16.6 Å². The molecule has 0 spiro atoms. The van der Waals surface area contributed by atoms with Gasteiger partial charge in [0.05, 0.1) is 10.9 Å². The van der Waals surface area contributed by atoms with Crippen LogP contribution in [0.4, 0.5) is 0 Å². The molecule has 3 rings (SSSR count). The summed E-state index contributed by atoms with van der Waals surface area (Å²) in [4.78, 5) is 19.5. The lowest BCUT2D eigenvalue weighted by molar-refractivity contribution is 1.17. The molecule has 1 heterocycles. The average Bonchev–Trinajstić information content (AvgIpc) is 2.38. The third kappa shape index (κ3) is 2.03. The maximum Gasteiger partial charge on any atom is 0.259 e. The SMILES string of the molecule is Cc1ccc(-c2nc3ccccc3c(=O)[nH]2)c(C)c1. The predicted octanol–water partition coefficient (Wildman–Crippen LogP) is 3.21. The molecule has 0 saturated carbocycles. The van der Waals surface area contributed by atoms with E-state index in [0.29, 0.717) is 11.2 Å². The van der Waals surface area contributed by atoms with E-state index in [9.17, 15) is 4.79 Å². The summed E-state index contributed by atoms with van der Waals surface area (Å²) in [6.45, 7) is 4.07. The van der Waals surface area contributed by atoms with Crippen molar-refractivity contribution in [3.8, 4) is 11.4 Å². The van der Waals surface area contributed by atoms with Crippen molar-refractivity contribution < 1.29 is 0 Å². The second kappa shape index (κ2) is 4.35. The van der Waals surface area contributed by atoms with Gasteiger partial charge in [0, 0.05) is 5.56 Å². The third-order valence-electron chi connectivity index (χ3n) is 3.25. The van der Waals surface area contributed by atoms with E-state index >= 15 is 0 Å². The van der Waals surface area contributed by atoms with Gasteiger partial charge < -0.3 is 4.98 Å². The molecule has 2 aromatic carbocycles. The third-order valence-corrected chi connectivity index (χ3v) is 3.25. The number of aromatic amines is 1. The number of fused-ring (bicyclic) bond motifs is 1. The Bertz CT molecular complexity index is 818. The molecule has 0 aliphatic heterocycles. The molecule has 0 radical (unpaired) electrons. The molecule has 3 heteroatoms. The summed E-state index contributed by atoms with van der Waals surface area (Å²) in [6.07, 6.45) is 0. The lowest BCUT2D eigenvalue weighted by Gasteiger charge is -2.07. The van der Waals surface area contributed by atoms with Gasteiger partial charge in [0.1, 0.15) is 5.82 Å². The van der Waals surface area contributed by atoms with Crippen LogP contribution in [0, 0.1) is 13.8 Å². The van der Waals surface area contributed by atoms with Crippen molar-refractivity contribution in [3.05, 3.63) is 63.9 Å². The van der Waals surface area contributed by atoms with Gasteiger partial charge in [-0.1, -0.05) is 35.9 Å². The first kappa shape index (κ1) is 11.7. The maximum atomic E-state index is 12.1. The van der Waals surface area contributed by atoms with Gasteiger partial charge in [-0.15, -0.1) is 0 Å². The smallest absolute Gasteiger partial charge is 0.259 e. The fourth-order valence-electron chi connectivity index (χ4n) is 2.29. The van der Waals surface area contributed by atoms with E-state index < -0.39 is 0 Å². The molecular weight excluding hydrogens is 236 g/mol. The monoisotopic (exact) mass is 250 g/mol. The molecule has 1 N–H and O–H groups in total. The number of aromatic nitrogens is 2. The van der Waals surface area contributed by atoms with E-state index in [1.807, 2.05) is 44.2 Å². The van der Waals surface area contributed by atoms with Crippen LogP contribution in [0.25, 0.3) is 22.3 Å². The van der Waals surface area contributed by atoms with Crippen LogP contribution in [0.5, 0.6) is 0 Å². The molecule has 0 fully saturated rings. The molecule has 0 saturated heterocycles. The molecule has 1 aromatic heterocycles. The van der Waals surface area contributed by atoms with Gasteiger partial charge in [-0.05, 0) is 31.5 Å². The molecule has 0 aliphatic rings. The van der Waals surface area contributed by atoms with Gasteiger partial charge in [0.2, 0.25) is 0 Å². The maximum absolute atomic E-state index is 12.1. The van der Waals surface area contributed by atoms with E-state index in [-0.39, 0.29) is 5.56 Å². The summed E-state index contributed by atoms with van der Waals surface area (Å²) in [5.74, 6) is 0.626. The van der Waals surface area contributed by atoms with Crippen molar-refractivity contribution >= 4 is 10.9 Å². The van der Waals surface area contributed by atoms with Crippen molar-refractivity contribution in [2.45, 2.75) is 13.8 Å². The second-order valence-corrected chi connectivity index (χ2v) is 4.75. The Morgan fingerprint density at radius 2 is 1.84 bits per heavy atom. The highest BCUT2D eigenvalue weighted by Crippen LogP contribution is 2.21. The number of nitrogens with one attached hydrogen (secondary N) is 1. The lowest BCUT2D eigenvalue weighted by Crippen LogP contribution is -2.09. The Morgan fingerprint density at radius 1 is 1.05 bits per heavy atom. The molecule has 19 heavy (non-hydrogen) atoms. The molecule has 0 bridgehead atoms. The first-order chi connectivity index (χ1) is 9.15. The largest absolute Gasteiger partial charge is 0.306 e. The highest BCUT2D eigenvalue weighted by Gasteiger charge is 2.07. The molecule has 0 aliphatic carbocycles. The summed E-state index contributed by atoms with van der Waals surface area (Å²) in [5.41, 5.74) is 3.90. The predicted molar refractivity (Wildman–Crippen MR) is 77.3 cm³/mol. The van der Waals surface area contributed by atoms with Crippen LogP contribution >= 0.6 is 0 Å². The topological polar surface area (TPSA) is 45.8 Å². The van der Waals surface area contributed by atoms with Gasteiger partial charge in [0.25, 0.3) is 5.56 Å². The zero-order valence-electron chi connectivity index (χ0n) is 10.9. The Kier molecular flexibility index (Phi) is 2.67. The number of para-hydroxylation sites is 1. The normalized spacial score (nSPS) is 10.8. The van der Waals surface area contributed by atoms with E-state index in [1.165, 1.54) is 5.56 Å². The molecule has 0 amide bonds. The molecule has 0 atom stereocenters. The number of rotatable bonds is 1. The number of nitrogens with zero attached hydrogens (tertiary/aromatic N) is 1. The standard InChI is InChI=1S/C16H14N2O/c1-10-7-8-12(11(2)9-10)15-17-14-6-4-3-5-13(14)16(19)18-15/h3-9H,1-2H3,(H,17,18,19). The second-order valence-electron chi connectivity index (χ2n) is 4.75. The van der Waals surface area contributed by atoms with Crippen LogP contribution in [0.2, 0.25) is 0 Å². The minimum atomic E-state index is -0.0967. The van der Waals surface area contributed by atoms with Gasteiger partial charge >= 0.3 is 0 Å². The van der Waals surface area contributed by atoms with Gasteiger partial charge in [-0.3, -0.25) is 4.79 Å². The summed E-state index contributed by atoms with van der Waals surface area (Å²) in [5, 5.41) is 0.621. The Balaban J connectivity index is 2.28. The van der Waals surface area contributed by atoms with E-state index in [2.05, 4.69) is 16.0 Å². The van der Waals surface area contributed by atoms with Crippen LogP contribution in [-0.4, -0.2) is 9.97 Å². The molecule has 3 aromatic rings. The first-order valence-electron chi connectivity index (χ1n) is 6.22. The Hall–Kier alpha value is -2.42.